The molecule has 2 aromatic carbocycles. The third-order valence-corrected chi connectivity index (χ3v) is 5.19. The fraction of sp³-hybridized carbons (Fsp3) is 0.235. The van der Waals surface area contributed by atoms with Gasteiger partial charge >= 0.3 is 0 Å². The van der Waals surface area contributed by atoms with Crippen molar-refractivity contribution in [3.05, 3.63) is 59.1 Å². The Hall–Kier alpha value is -2.05. The summed E-state index contributed by atoms with van der Waals surface area (Å²) in [5, 5.41) is 3.23. The van der Waals surface area contributed by atoms with Crippen molar-refractivity contribution in [2.75, 3.05) is 15.9 Å². The van der Waals surface area contributed by atoms with Gasteiger partial charge in [-0.25, -0.2) is 8.42 Å². The lowest BCUT2D eigenvalue weighted by Gasteiger charge is -2.28. The first-order valence-electron chi connectivity index (χ1n) is 7.31. The lowest BCUT2D eigenvalue weighted by atomic mass is 10.2. The van der Waals surface area contributed by atoms with E-state index in [0.29, 0.717) is 16.4 Å². The molecule has 2 rings (SSSR count). The Morgan fingerprint density at radius 1 is 1.17 bits per heavy atom. The van der Waals surface area contributed by atoms with Crippen LogP contribution in [0.25, 0.3) is 0 Å². The van der Waals surface area contributed by atoms with Crippen LogP contribution in [0, 0.1) is 6.92 Å². The molecule has 0 heterocycles. The average Bonchev–Trinajstić information content (AvgIpc) is 2.50. The second kappa shape index (κ2) is 7.23. The van der Waals surface area contributed by atoms with Crippen molar-refractivity contribution in [3.63, 3.8) is 0 Å². The molecular formula is C17H19ClN2O3S. The minimum atomic E-state index is -3.62. The summed E-state index contributed by atoms with van der Waals surface area (Å²) in [6.45, 7) is 3.40. The van der Waals surface area contributed by atoms with Crippen LogP contribution >= 0.6 is 11.6 Å². The Kier molecular flexibility index (Phi) is 5.51. The summed E-state index contributed by atoms with van der Waals surface area (Å²) < 4.78 is 25.4. The highest BCUT2D eigenvalue weighted by molar-refractivity contribution is 7.92. The van der Waals surface area contributed by atoms with Crippen molar-refractivity contribution in [1.82, 2.24) is 0 Å². The molecule has 1 unspecified atom stereocenters. The molecule has 1 amide bonds. The normalized spacial score (nSPS) is 12.5. The number of nitrogens with one attached hydrogen (secondary N) is 1. The van der Waals surface area contributed by atoms with Crippen LogP contribution in [0.1, 0.15) is 12.5 Å². The van der Waals surface area contributed by atoms with Gasteiger partial charge in [-0.1, -0.05) is 35.9 Å². The Balaban J connectivity index is 2.27. The van der Waals surface area contributed by atoms with Crippen LogP contribution in [-0.4, -0.2) is 26.6 Å². The molecule has 0 saturated carbocycles. The molecule has 128 valence electrons. The van der Waals surface area contributed by atoms with Gasteiger partial charge in [0.25, 0.3) is 0 Å². The van der Waals surface area contributed by atoms with Gasteiger partial charge in [-0.2, -0.15) is 0 Å². The fourth-order valence-corrected chi connectivity index (χ4v) is 3.66. The summed E-state index contributed by atoms with van der Waals surface area (Å²) >= 11 is 6.05. The molecule has 0 aromatic heterocycles. The number of carbonyl (C=O) groups excluding carboxylic acids is 1. The number of rotatable bonds is 5. The molecular weight excluding hydrogens is 348 g/mol. The van der Waals surface area contributed by atoms with E-state index < -0.39 is 22.0 Å². The maximum absolute atomic E-state index is 12.5. The zero-order valence-corrected chi connectivity index (χ0v) is 15.2. The van der Waals surface area contributed by atoms with Gasteiger partial charge < -0.3 is 5.32 Å². The van der Waals surface area contributed by atoms with Gasteiger partial charge in [0.15, 0.2) is 0 Å². The smallest absolute Gasteiger partial charge is 0.247 e. The summed E-state index contributed by atoms with van der Waals surface area (Å²) in [6, 6.07) is 12.7. The first-order valence-corrected chi connectivity index (χ1v) is 9.54. The Bertz CT molecular complexity index is 838. The molecule has 0 aliphatic rings. The van der Waals surface area contributed by atoms with Gasteiger partial charge in [-0.05, 0) is 43.7 Å². The molecule has 1 N–H and O–H groups in total. The number of sulfonamides is 1. The summed E-state index contributed by atoms with van der Waals surface area (Å²) in [6.07, 6.45) is 1.08. The summed E-state index contributed by atoms with van der Waals surface area (Å²) in [5.41, 5.74) is 1.85. The molecule has 0 fully saturated rings. The van der Waals surface area contributed by atoms with Crippen molar-refractivity contribution >= 4 is 38.9 Å². The maximum Gasteiger partial charge on any atom is 0.247 e. The van der Waals surface area contributed by atoms with E-state index in [1.165, 1.54) is 0 Å². The van der Waals surface area contributed by atoms with E-state index in [9.17, 15) is 13.2 Å². The zero-order chi connectivity index (χ0) is 17.9. The van der Waals surface area contributed by atoms with E-state index in [0.717, 1.165) is 16.1 Å². The third kappa shape index (κ3) is 4.27. The largest absolute Gasteiger partial charge is 0.324 e. The summed E-state index contributed by atoms with van der Waals surface area (Å²) in [4.78, 5) is 12.5. The van der Waals surface area contributed by atoms with Crippen molar-refractivity contribution in [1.29, 1.82) is 0 Å². The SMILES string of the molecule is Cc1ccc(NC(=O)C(C)N(c2ccccc2)S(C)(=O)=O)cc1Cl. The Morgan fingerprint density at radius 2 is 1.79 bits per heavy atom. The topological polar surface area (TPSA) is 66.5 Å². The minimum absolute atomic E-state index is 0.435. The predicted octanol–water partition coefficient (Wildman–Crippen LogP) is 3.44. The predicted molar refractivity (Wildman–Crippen MR) is 98.0 cm³/mol. The highest BCUT2D eigenvalue weighted by Gasteiger charge is 2.29. The highest BCUT2D eigenvalue weighted by atomic mass is 35.5. The van der Waals surface area contributed by atoms with Gasteiger partial charge in [0.1, 0.15) is 6.04 Å². The van der Waals surface area contributed by atoms with Gasteiger partial charge in [-0.3, -0.25) is 9.10 Å². The molecule has 0 aliphatic heterocycles. The number of carbonyl (C=O) groups is 1. The molecule has 7 heteroatoms. The average molecular weight is 367 g/mol. The van der Waals surface area contributed by atoms with Crippen LogP contribution in [0.5, 0.6) is 0 Å². The number of hydrogen-bond acceptors (Lipinski definition) is 3. The van der Waals surface area contributed by atoms with E-state index >= 15 is 0 Å². The van der Waals surface area contributed by atoms with Crippen molar-refractivity contribution in [2.24, 2.45) is 0 Å². The Labute approximate surface area is 147 Å². The van der Waals surface area contributed by atoms with Crippen LogP contribution in [-0.2, 0) is 14.8 Å². The molecule has 2 aromatic rings. The quantitative estimate of drug-likeness (QED) is 0.881. The van der Waals surface area contributed by atoms with E-state index in [1.807, 2.05) is 6.92 Å². The number of anilines is 2. The number of amides is 1. The number of hydrogen-bond donors (Lipinski definition) is 1. The number of halogens is 1. The standard InChI is InChI=1S/C17H19ClN2O3S/c1-12-9-10-14(11-16(12)18)19-17(21)13(2)20(24(3,22)23)15-7-5-4-6-8-15/h4-11,13H,1-3H3,(H,19,21). The fourth-order valence-electron chi connectivity index (χ4n) is 2.30. The van der Waals surface area contributed by atoms with Gasteiger partial charge in [0, 0.05) is 10.7 Å². The zero-order valence-electron chi connectivity index (χ0n) is 13.7. The van der Waals surface area contributed by atoms with E-state index in [2.05, 4.69) is 5.32 Å². The molecule has 1 atom stereocenters. The van der Waals surface area contributed by atoms with Crippen LogP contribution in [0.3, 0.4) is 0 Å². The first-order chi connectivity index (χ1) is 11.2. The summed E-state index contributed by atoms with van der Waals surface area (Å²) in [5.74, 6) is -0.441. The summed E-state index contributed by atoms with van der Waals surface area (Å²) in [7, 11) is -3.62. The molecule has 5 nitrogen and oxygen atoms in total. The van der Waals surface area contributed by atoms with E-state index in [1.54, 1.807) is 55.5 Å². The van der Waals surface area contributed by atoms with Gasteiger partial charge in [0.2, 0.25) is 15.9 Å². The maximum atomic E-state index is 12.5. The van der Waals surface area contributed by atoms with E-state index in [-0.39, 0.29) is 0 Å². The van der Waals surface area contributed by atoms with Gasteiger partial charge in [0.05, 0.1) is 11.9 Å². The van der Waals surface area contributed by atoms with Crippen molar-refractivity contribution in [3.8, 4) is 0 Å². The lowest BCUT2D eigenvalue weighted by molar-refractivity contribution is -0.116. The third-order valence-electron chi connectivity index (χ3n) is 3.54. The first kappa shape index (κ1) is 18.3. The molecule has 0 bridgehead atoms. The molecule has 0 radical (unpaired) electrons. The molecule has 24 heavy (non-hydrogen) atoms. The van der Waals surface area contributed by atoms with E-state index in [4.69, 9.17) is 11.6 Å². The van der Waals surface area contributed by atoms with Gasteiger partial charge in [-0.15, -0.1) is 0 Å². The second-order valence-electron chi connectivity index (χ2n) is 5.52. The molecule has 0 aliphatic carbocycles. The monoisotopic (exact) mass is 366 g/mol. The highest BCUT2D eigenvalue weighted by Crippen LogP contribution is 2.23. The lowest BCUT2D eigenvalue weighted by Crippen LogP contribution is -2.45. The molecule has 0 spiro atoms. The van der Waals surface area contributed by atoms with Crippen molar-refractivity contribution in [2.45, 2.75) is 19.9 Å². The minimum Gasteiger partial charge on any atom is -0.324 e. The second-order valence-corrected chi connectivity index (χ2v) is 7.79. The number of nitrogens with zero attached hydrogens (tertiary/aromatic N) is 1. The van der Waals surface area contributed by atoms with Crippen LogP contribution in [0.4, 0.5) is 11.4 Å². The number of para-hydroxylation sites is 1. The number of benzene rings is 2. The van der Waals surface area contributed by atoms with Crippen LogP contribution < -0.4 is 9.62 Å². The molecule has 0 saturated heterocycles. The number of aryl methyl sites for hydroxylation is 1. The van der Waals surface area contributed by atoms with Crippen LogP contribution in [0.2, 0.25) is 5.02 Å². The van der Waals surface area contributed by atoms with Crippen molar-refractivity contribution < 1.29 is 13.2 Å². The Morgan fingerprint density at radius 3 is 2.33 bits per heavy atom. The van der Waals surface area contributed by atoms with Crippen LogP contribution in [0.15, 0.2) is 48.5 Å².